The SMILES string of the molecule is C=C(C)C1=CC(CC)C(C)=CC(C(=Cc2cc(-c3cc(C(=O)NCc4ccc(C(=O)O)cc4)nn3C)ccc2C)CC(C)CC)=C1. The first-order chi connectivity index (χ1) is 21.9. The van der Waals surface area contributed by atoms with E-state index in [4.69, 9.17) is 5.11 Å². The number of carbonyl (C=O) groups is 2. The first kappa shape index (κ1) is 34.2. The van der Waals surface area contributed by atoms with E-state index in [0.29, 0.717) is 17.5 Å². The average molecular weight is 618 g/mol. The summed E-state index contributed by atoms with van der Waals surface area (Å²) in [6.07, 6.45) is 12.5. The lowest BCUT2D eigenvalue weighted by Gasteiger charge is -2.17. The Balaban J connectivity index is 1.66. The van der Waals surface area contributed by atoms with Crippen LogP contribution in [0, 0.1) is 18.8 Å². The van der Waals surface area contributed by atoms with Gasteiger partial charge in [0, 0.05) is 19.2 Å². The minimum atomic E-state index is -0.981. The lowest BCUT2D eigenvalue weighted by atomic mass is 9.89. The number of nitrogens with one attached hydrogen (secondary N) is 1. The van der Waals surface area contributed by atoms with E-state index in [9.17, 15) is 9.59 Å². The van der Waals surface area contributed by atoms with E-state index in [1.807, 2.05) is 13.1 Å². The predicted molar refractivity (Wildman–Crippen MR) is 189 cm³/mol. The van der Waals surface area contributed by atoms with E-state index in [1.165, 1.54) is 40.0 Å². The maximum atomic E-state index is 13.0. The summed E-state index contributed by atoms with van der Waals surface area (Å²) in [4.78, 5) is 24.1. The number of aryl methyl sites for hydroxylation is 2. The zero-order valence-electron chi connectivity index (χ0n) is 28.3. The highest BCUT2D eigenvalue weighted by Gasteiger charge is 2.18. The number of amides is 1. The molecule has 2 atom stereocenters. The van der Waals surface area contributed by atoms with Gasteiger partial charge in [0.05, 0.1) is 11.3 Å². The van der Waals surface area contributed by atoms with Gasteiger partial charge in [-0.2, -0.15) is 5.10 Å². The summed E-state index contributed by atoms with van der Waals surface area (Å²) in [5, 5.41) is 16.5. The summed E-state index contributed by atoms with van der Waals surface area (Å²) in [7, 11) is 1.85. The predicted octanol–water partition coefficient (Wildman–Crippen LogP) is 9.26. The van der Waals surface area contributed by atoms with Crippen LogP contribution in [0.25, 0.3) is 17.3 Å². The van der Waals surface area contributed by atoms with Crippen LogP contribution in [0.15, 0.2) is 101 Å². The molecule has 6 nitrogen and oxygen atoms in total. The third kappa shape index (κ3) is 8.30. The topological polar surface area (TPSA) is 84.2 Å². The number of carbonyl (C=O) groups excluding carboxylic acids is 1. The molecule has 0 saturated carbocycles. The van der Waals surface area contributed by atoms with Crippen LogP contribution in [-0.2, 0) is 13.6 Å². The molecule has 0 fully saturated rings. The Kier molecular flexibility index (Phi) is 11.2. The van der Waals surface area contributed by atoms with Crippen LogP contribution < -0.4 is 5.32 Å². The van der Waals surface area contributed by atoms with Gasteiger partial charge in [-0.3, -0.25) is 9.48 Å². The number of carboxylic acid groups (broad SMARTS) is 1. The van der Waals surface area contributed by atoms with Crippen molar-refractivity contribution in [2.24, 2.45) is 18.9 Å². The molecule has 1 amide bonds. The fourth-order valence-electron chi connectivity index (χ4n) is 5.66. The number of benzene rings is 2. The number of nitrogens with zero attached hydrogens (tertiary/aromatic N) is 2. The lowest BCUT2D eigenvalue weighted by molar-refractivity contribution is 0.0696. The Labute approximate surface area is 273 Å². The van der Waals surface area contributed by atoms with Gasteiger partial charge in [0.15, 0.2) is 5.69 Å². The van der Waals surface area contributed by atoms with Crippen molar-refractivity contribution in [2.75, 3.05) is 0 Å². The second-order valence-corrected chi connectivity index (χ2v) is 12.6. The second-order valence-electron chi connectivity index (χ2n) is 12.6. The Hall–Kier alpha value is -4.71. The van der Waals surface area contributed by atoms with Crippen molar-refractivity contribution in [3.63, 3.8) is 0 Å². The molecule has 0 spiro atoms. The smallest absolute Gasteiger partial charge is 0.335 e. The fraction of sp³-hybridized carbons (Fsp3) is 0.325. The molecule has 1 aromatic heterocycles. The minimum Gasteiger partial charge on any atom is -0.478 e. The molecule has 3 aromatic rings. The molecule has 46 heavy (non-hydrogen) atoms. The van der Waals surface area contributed by atoms with Crippen LogP contribution in [0.5, 0.6) is 0 Å². The molecule has 2 unspecified atom stereocenters. The first-order valence-corrected chi connectivity index (χ1v) is 16.1. The molecule has 1 heterocycles. The van der Waals surface area contributed by atoms with E-state index < -0.39 is 5.97 Å². The maximum absolute atomic E-state index is 13.0. The van der Waals surface area contributed by atoms with Crippen molar-refractivity contribution in [3.8, 4) is 11.3 Å². The summed E-state index contributed by atoms with van der Waals surface area (Å²) in [5.41, 5.74) is 11.7. The number of carboxylic acids is 1. The van der Waals surface area contributed by atoms with Crippen molar-refractivity contribution in [3.05, 3.63) is 129 Å². The number of allylic oxidation sites excluding steroid dienone is 8. The average Bonchev–Trinajstić information content (AvgIpc) is 3.33. The first-order valence-electron chi connectivity index (χ1n) is 16.1. The van der Waals surface area contributed by atoms with Gasteiger partial charge in [-0.25, -0.2) is 4.79 Å². The van der Waals surface area contributed by atoms with Crippen LogP contribution in [0.2, 0.25) is 0 Å². The number of hydrogen-bond donors (Lipinski definition) is 2. The number of rotatable bonds is 12. The Bertz CT molecular complexity index is 1750. The normalized spacial score (nSPS) is 15.8. The second kappa shape index (κ2) is 15.0. The minimum absolute atomic E-state index is 0.208. The van der Waals surface area contributed by atoms with Gasteiger partial charge in [-0.05, 0) is 109 Å². The summed E-state index contributed by atoms with van der Waals surface area (Å²) in [6.45, 7) is 17.8. The highest BCUT2D eigenvalue weighted by Crippen LogP contribution is 2.34. The lowest BCUT2D eigenvalue weighted by Crippen LogP contribution is -2.23. The van der Waals surface area contributed by atoms with E-state index in [-0.39, 0.29) is 18.0 Å². The van der Waals surface area contributed by atoms with E-state index >= 15 is 0 Å². The van der Waals surface area contributed by atoms with Crippen LogP contribution in [-0.4, -0.2) is 26.8 Å². The molecular weight excluding hydrogens is 570 g/mol. The highest BCUT2D eigenvalue weighted by atomic mass is 16.4. The molecule has 2 N–H and O–H groups in total. The highest BCUT2D eigenvalue weighted by molar-refractivity contribution is 5.93. The molecule has 1 aliphatic carbocycles. The van der Waals surface area contributed by atoms with Gasteiger partial charge < -0.3 is 10.4 Å². The molecule has 0 radical (unpaired) electrons. The molecule has 0 saturated heterocycles. The standard InChI is InChI=1S/C40H47N3O3/c1-9-26(5)17-35(36-18-28(7)30(10-2)19-33(21-36)25(3)4)22-34-20-32(14-11-27(34)6)38-23-37(42-43(38)8)39(44)41-24-29-12-15-31(16-13-29)40(45)46/h11-16,18-23,26,30H,3,9-10,17,24H2,1-2,4-8H3,(H,41,44)(H,45,46). The summed E-state index contributed by atoms with van der Waals surface area (Å²) >= 11 is 0. The molecule has 1 aliphatic rings. The zero-order chi connectivity index (χ0) is 33.5. The quantitative estimate of drug-likeness (QED) is 0.212. The zero-order valence-corrected chi connectivity index (χ0v) is 28.3. The third-order valence-corrected chi connectivity index (χ3v) is 8.90. The Morgan fingerprint density at radius 2 is 1.78 bits per heavy atom. The van der Waals surface area contributed by atoms with Gasteiger partial charge in [0.1, 0.15) is 0 Å². The van der Waals surface area contributed by atoms with E-state index in [2.05, 4.69) is 101 Å². The molecule has 6 heteroatoms. The van der Waals surface area contributed by atoms with Crippen molar-refractivity contribution >= 4 is 18.0 Å². The molecule has 0 aliphatic heterocycles. The van der Waals surface area contributed by atoms with Gasteiger partial charge in [-0.1, -0.05) is 87.4 Å². The Morgan fingerprint density at radius 3 is 2.41 bits per heavy atom. The fourth-order valence-corrected chi connectivity index (χ4v) is 5.66. The summed E-state index contributed by atoms with van der Waals surface area (Å²) in [5.74, 6) is -0.351. The van der Waals surface area contributed by atoms with Crippen molar-refractivity contribution in [1.29, 1.82) is 0 Å². The van der Waals surface area contributed by atoms with Crippen LogP contribution in [0.3, 0.4) is 0 Å². The summed E-state index contributed by atoms with van der Waals surface area (Å²) < 4.78 is 1.74. The Morgan fingerprint density at radius 1 is 1.07 bits per heavy atom. The van der Waals surface area contributed by atoms with Gasteiger partial charge in [0.2, 0.25) is 0 Å². The molecular formula is C40H47N3O3. The monoisotopic (exact) mass is 617 g/mol. The van der Waals surface area contributed by atoms with Crippen LogP contribution in [0.4, 0.5) is 0 Å². The van der Waals surface area contributed by atoms with Crippen molar-refractivity contribution < 1.29 is 14.7 Å². The molecule has 0 bridgehead atoms. The third-order valence-electron chi connectivity index (χ3n) is 8.90. The van der Waals surface area contributed by atoms with E-state index in [0.717, 1.165) is 47.2 Å². The van der Waals surface area contributed by atoms with Crippen LogP contribution in [0.1, 0.15) is 91.4 Å². The number of hydrogen-bond acceptors (Lipinski definition) is 3. The molecule has 240 valence electrons. The van der Waals surface area contributed by atoms with E-state index in [1.54, 1.807) is 16.8 Å². The van der Waals surface area contributed by atoms with Crippen LogP contribution >= 0.6 is 0 Å². The molecule has 2 aromatic carbocycles. The van der Waals surface area contributed by atoms with Gasteiger partial charge in [0.25, 0.3) is 5.91 Å². The largest absolute Gasteiger partial charge is 0.478 e. The van der Waals surface area contributed by atoms with Gasteiger partial charge >= 0.3 is 5.97 Å². The summed E-state index contributed by atoms with van der Waals surface area (Å²) in [6, 6.07) is 14.7. The number of aromatic carboxylic acids is 1. The molecule has 4 rings (SSSR count). The van der Waals surface area contributed by atoms with Crippen molar-refractivity contribution in [1.82, 2.24) is 15.1 Å². The van der Waals surface area contributed by atoms with Gasteiger partial charge in [-0.15, -0.1) is 0 Å². The maximum Gasteiger partial charge on any atom is 0.335 e. The van der Waals surface area contributed by atoms with Crippen molar-refractivity contribution in [2.45, 2.75) is 67.3 Å². The number of aromatic nitrogens is 2.